The average molecular weight is 421 g/mol. The van der Waals surface area contributed by atoms with Gasteiger partial charge in [-0.15, -0.1) is 5.10 Å². The number of hydrogen-bond donors (Lipinski definition) is 2. The molecule has 0 atom stereocenters. The quantitative estimate of drug-likeness (QED) is 0.609. The molecular weight excluding hydrogens is 392 g/mol. The number of rotatable bonds is 7. The van der Waals surface area contributed by atoms with Gasteiger partial charge in [-0.1, -0.05) is 29.4 Å². The van der Waals surface area contributed by atoms with Gasteiger partial charge in [-0.05, 0) is 43.2 Å². The normalized spacial score (nSPS) is 17.1. The van der Waals surface area contributed by atoms with Crippen LogP contribution in [0.2, 0.25) is 0 Å². The summed E-state index contributed by atoms with van der Waals surface area (Å²) < 4.78 is 5.76. The number of nitrogens with one attached hydrogen (secondary N) is 2. The van der Waals surface area contributed by atoms with E-state index in [-0.39, 0.29) is 11.9 Å². The van der Waals surface area contributed by atoms with Crippen molar-refractivity contribution in [1.82, 2.24) is 25.1 Å². The zero-order valence-corrected chi connectivity index (χ0v) is 17.6. The van der Waals surface area contributed by atoms with Crippen molar-refractivity contribution in [2.75, 3.05) is 18.4 Å². The van der Waals surface area contributed by atoms with E-state index in [1.165, 1.54) is 16.8 Å². The number of imidazole rings is 1. The standard InChI is InChI=1S/C23H28N6O2/c30-22(29-10-8-16(9-11-29)20-14-24-15-25-20)7-3-6-21-27-28-23(31-21)26-19-12-17-4-1-2-5-18(17)13-19/h1-2,4-5,14-16,19H,3,6-13H2,(H,24,25)(H,26,28). The zero-order valence-electron chi connectivity index (χ0n) is 17.6. The van der Waals surface area contributed by atoms with E-state index in [1.807, 2.05) is 11.1 Å². The predicted octanol–water partition coefficient (Wildman–Crippen LogP) is 3.10. The monoisotopic (exact) mass is 420 g/mol. The highest BCUT2D eigenvalue weighted by molar-refractivity contribution is 5.76. The molecule has 1 aromatic carbocycles. The Kier molecular flexibility index (Phi) is 5.69. The molecule has 0 unspecified atom stereocenters. The van der Waals surface area contributed by atoms with Gasteiger partial charge < -0.3 is 19.6 Å². The summed E-state index contributed by atoms with van der Waals surface area (Å²) in [4.78, 5) is 21.8. The van der Waals surface area contributed by atoms with Crippen LogP contribution in [0.4, 0.5) is 6.01 Å². The van der Waals surface area contributed by atoms with Gasteiger partial charge in [-0.2, -0.15) is 0 Å². The lowest BCUT2D eigenvalue weighted by Crippen LogP contribution is -2.37. The molecule has 1 amide bonds. The Morgan fingerprint density at radius 3 is 2.65 bits per heavy atom. The fourth-order valence-electron chi connectivity index (χ4n) is 4.73. The van der Waals surface area contributed by atoms with E-state index in [0.29, 0.717) is 30.7 Å². The molecule has 5 rings (SSSR count). The molecule has 3 aromatic rings. The Hall–Kier alpha value is -3.16. The molecule has 8 heteroatoms. The summed E-state index contributed by atoms with van der Waals surface area (Å²) in [6, 6.07) is 9.27. The van der Waals surface area contributed by atoms with Crippen LogP contribution < -0.4 is 5.32 Å². The Bertz CT molecular complexity index is 982. The second-order valence-electron chi connectivity index (χ2n) is 8.53. The molecule has 0 radical (unpaired) electrons. The number of likely N-dealkylation sites (tertiary alicyclic amines) is 1. The molecule has 2 aliphatic rings. The van der Waals surface area contributed by atoms with Gasteiger partial charge >= 0.3 is 6.01 Å². The van der Waals surface area contributed by atoms with Crippen LogP contribution in [-0.4, -0.2) is 50.1 Å². The van der Waals surface area contributed by atoms with Crippen molar-refractivity contribution in [3.05, 3.63) is 59.5 Å². The van der Waals surface area contributed by atoms with Crippen molar-refractivity contribution < 1.29 is 9.21 Å². The Morgan fingerprint density at radius 2 is 1.94 bits per heavy atom. The van der Waals surface area contributed by atoms with Crippen molar-refractivity contribution in [2.45, 2.75) is 56.9 Å². The number of H-pyrrole nitrogens is 1. The molecular formula is C23H28N6O2. The van der Waals surface area contributed by atoms with E-state index in [0.717, 1.165) is 45.2 Å². The highest BCUT2D eigenvalue weighted by Gasteiger charge is 2.25. The van der Waals surface area contributed by atoms with Gasteiger partial charge in [0.1, 0.15) is 0 Å². The van der Waals surface area contributed by atoms with E-state index in [9.17, 15) is 4.79 Å². The molecule has 1 saturated heterocycles. The maximum Gasteiger partial charge on any atom is 0.315 e. The summed E-state index contributed by atoms with van der Waals surface area (Å²) in [6.45, 7) is 1.61. The van der Waals surface area contributed by atoms with Crippen molar-refractivity contribution in [1.29, 1.82) is 0 Å². The first-order valence-corrected chi connectivity index (χ1v) is 11.2. The van der Waals surface area contributed by atoms with Crippen LogP contribution in [0.5, 0.6) is 0 Å². The van der Waals surface area contributed by atoms with Crippen LogP contribution in [0, 0.1) is 0 Å². The molecule has 0 spiro atoms. The molecule has 2 N–H and O–H groups in total. The summed E-state index contributed by atoms with van der Waals surface area (Å²) >= 11 is 0. The van der Waals surface area contributed by atoms with Gasteiger partial charge in [0.25, 0.3) is 0 Å². The molecule has 162 valence electrons. The van der Waals surface area contributed by atoms with Crippen molar-refractivity contribution in [2.24, 2.45) is 0 Å². The number of aryl methyl sites for hydroxylation is 1. The number of anilines is 1. The minimum Gasteiger partial charge on any atom is -0.408 e. The Balaban J connectivity index is 1.03. The molecule has 8 nitrogen and oxygen atoms in total. The molecule has 1 aliphatic carbocycles. The number of aromatic nitrogens is 4. The number of carbonyl (C=O) groups is 1. The van der Waals surface area contributed by atoms with Gasteiger partial charge in [0.05, 0.1) is 6.33 Å². The van der Waals surface area contributed by atoms with Gasteiger partial charge in [-0.25, -0.2) is 4.98 Å². The van der Waals surface area contributed by atoms with Crippen LogP contribution >= 0.6 is 0 Å². The number of nitrogens with zero attached hydrogens (tertiary/aromatic N) is 4. The third kappa shape index (κ3) is 4.62. The highest BCUT2D eigenvalue weighted by atomic mass is 16.4. The largest absolute Gasteiger partial charge is 0.408 e. The maximum absolute atomic E-state index is 12.6. The minimum absolute atomic E-state index is 0.213. The summed E-state index contributed by atoms with van der Waals surface area (Å²) in [5, 5.41) is 11.6. The third-order valence-electron chi connectivity index (χ3n) is 6.43. The minimum atomic E-state index is 0.213. The molecule has 31 heavy (non-hydrogen) atoms. The Labute approximate surface area is 181 Å². The van der Waals surface area contributed by atoms with Gasteiger partial charge in [0.2, 0.25) is 11.8 Å². The molecule has 1 aliphatic heterocycles. The SMILES string of the molecule is O=C(CCCc1nnc(NC2Cc3ccccc3C2)o1)N1CCC(c2cnc[nH]2)CC1. The van der Waals surface area contributed by atoms with Crippen LogP contribution in [-0.2, 0) is 24.1 Å². The van der Waals surface area contributed by atoms with Gasteiger partial charge in [0, 0.05) is 49.8 Å². The second kappa shape index (κ2) is 8.91. The summed E-state index contributed by atoms with van der Waals surface area (Å²) in [6.07, 6.45) is 9.37. The number of carbonyl (C=O) groups excluding carboxylic acids is 1. The van der Waals surface area contributed by atoms with Crippen molar-refractivity contribution in [3.8, 4) is 0 Å². The summed E-state index contributed by atoms with van der Waals surface area (Å²) in [7, 11) is 0. The van der Waals surface area contributed by atoms with E-state index < -0.39 is 0 Å². The highest BCUT2D eigenvalue weighted by Crippen LogP contribution is 2.27. The average Bonchev–Trinajstić information content (AvgIpc) is 3.55. The van der Waals surface area contributed by atoms with E-state index >= 15 is 0 Å². The first-order valence-electron chi connectivity index (χ1n) is 11.2. The van der Waals surface area contributed by atoms with E-state index in [4.69, 9.17) is 4.42 Å². The lowest BCUT2D eigenvalue weighted by molar-refractivity contribution is -0.132. The van der Waals surface area contributed by atoms with Crippen LogP contribution in [0.1, 0.15) is 54.3 Å². The lowest BCUT2D eigenvalue weighted by Gasteiger charge is -2.31. The molecule has 0 bridgehead atoms. The molecule has 2 aromatic heterocycles. The predicted molar refractivity (Wildman–Crippen MR) is 116 cm³/mol. The van der Waals surface area contributed by atoms with E-state index in [2.05, 4.69) is 49.7 Å². The number of hydrogen-bond acceptors (Lipinski definition) is 6. The number of piperidine rings is 1. The number of amides is 1. The Morgan fingerprint density at radius 1 is 1.16 bits per heavy atom. The van der Waals surface area contributed by atoms with Gasteiger partial charge in [-0.3, -0.25) is 4.79 Å². The molecule has 3 heterocycles. The van der Waals surface area contributed by atoms with Crippen LogP contribution in [0.15, 0.2) is 41.2 Å². The first-order chi connectivity index (χ1) is 15.2. The van der Waals surface area contributed by atoms with Crippen molar-refractivity contribution in [3.63, 3.8) is 0 Å². The molecule has 0 saturated carbocycles. The summed E-state index contributed by atoms with van der Waals surface area (Å²) in [5.41, 5.74) is 3.94. The van der Waals surface area contributed by atoms with Gasteiger partial charge in [0.15, 0.2) is 0 Å². The number of aromatic amines is 1. The summed E-state index contributed by atoms with van der Waals surface area (Å²) in [5.74, 6) is 1.27. The second-order valence-corrected chi connectivity index (χ2v) is 8.53. The van der Waals surface area contributed by atoms with Crippen LogP contribution in [0.25, 0.3) is 0 Å². The lowest BCUT2D eigenvalue weighted by atomic mass is 9.94. The fraction of sp³-hybridized carbons (Fsp3) is 0.478. The fourth-order valence-corrected chi connectivity index (χ4v) is 4.73. The zero-order chi connectivity index (χ0) is 21.0. The topological polar surface area (TPSA) is 99.9 Å². The van der Waals surface area contributed by atoms with Crippen molar-refractivity contribution >= 4 is 11.9 Å². The van der Waals surface area contributed by atoms with Crippen LogP contribution in [0.3, 0.4) is 0 Å². The van der Waals surface area contributed by atoms with E-state index in [1.54, 1.807) is 6.33 Å². The number of benzene rings is 1. The third-order valence-corrected chi connectivity index (χ3v) is 6.43. The maximum atomic E-state index is 12.6. The molecule has 1 fully saturated rings. The smallest absolute Gasteiger partial charge is 0.315 e. The first kappa shape index (κ1) is 19.8. The number of fused-ring (bicyclic) bond motifs is 1.